The summed E-state index contributed by atoms with van der Waals surface area (Å²) in [6.45, 7) is 1.86. The highest BCUT2D eigenvalue weighted by Crippen LogP contribution is 2.20. The molecule has 4 heteroatoms. The van der Waals surface area contributed by atoms with Gasteiger partial charge in [-0.25, -0.2) is 0 Å². The number of aliphatic hydroxyl groups is 3. The summed E-state index contributed by atoms with van der Waals surface area (Å²) in [6.07, 6.45) is -2.24. The molecule has 0 spiro atoms. The molecular weight excluding hydrogens is 148 g/mol. The molecular formula is C7H14O4. The van der Waals surface area contributed by atoms with E-state index < -0.39 is 18.5 Å². The lowest BCUT2D eigenvalue weighted by atomic mass is 10.0. The molecule has 11 heavy (non-hydrogen) atoms. The molecule has 1 rings (SSSR count). The molecule has 3 N–H and O–H groups in total. The molecule has 0 saturated carbocycles. The summed E-state index contributed by atoms with van der Waals surface area (Å²) in [5, 5.41) is 27.3. The van der Waals surface area contributed by atoms with Crippen molar-refractivity contribution in [3.05, 3.63) is 0 Å². The minimum absolute atomic E-state index is 0.194. The Labute approximate surface area is 65.4 Å². The number of ether oxygens (including phenoxy) is 1. The van der Waals surface area contributed by atoms with Crippen molar-refractivity contribution in [2.24, 2.45) is 0 Å². The average Bonchev–Trinajstić information content (AvgIpc) is 1.97. The summed E-state index contributed by atoms with van der Waals surface area (Å²) in [5.41, 5.74) is 0. The standard InChI is InChI=1S/C7H14O4/c1-2-6-4(8)3-5(9)7(10)11-6/h4-10H,2-3H2,1H3. The summed E-state index contributed by atoms with van der Waals surface area (Å²) < 4.78 is 4.92. The predicted octanol–water partition coefficient (Wildman–Crippen LogP) is -0.775. The largest absolute Gasteiger partial charge is 0.390 e. The van der Waals surface area contributed by atoms with Gasteiger partial charge in [0, 0.05) is 6.42 Å². The van der Waals surface area contributed by atoms with Gasteiger partial charge in [-0.1, -0.05) is 6.92 Å². The van der Waals surface area contributed by atoms with Crippen molar-refractivity contribution in [3.63, 3.8) is 0 Å². The van der Waals surface area contributed by atoms with Gasteiger partial charge in [0.2, 0.25) is 0 Å². The van der Waals surface area contributed by atoms with Crippen LogP contribution in [-0.2, 0) is 4.74 Å². The lowest BCUT2D eigenvalue weighted by Gasteiger charge is -2.33. The summed E-state index contributed by atoms with van der Waals surface area (Å²) in [6, 6.07) is 0. The zero-order valence-corrected chi connectivity index (χ0v) is 6.47. The van der Waals surface area contributed by atoms with E-state index in [0.29, 0.717) is 6.42 Å². The van der Waals surface area contributed by atoms with Gasteiger partial charge in [0.1, 0.15) is 6.10 Å². The van der Waals surface area contributed by atoms with E-state index in [0.717, 1.165) is 0 Å². The maximum absolute atomic E-state index is 9.26. The van der Waals surface area contributed by atoms with Crippen LogP contribution < -0.4 is 0 Å². The second-order valence-corrected chi connectivity index (χ2v) is 2.84. The van der Waals surface area contributed by atoms with E-state index in [1.807, 2.05) is 6.92 Å². The third-order valence-electron chi connectivity index (χ3n) is 1.96. The van der Waals surface area contributed by atoms with Crippen LogP contribution >= 0.6 is 0 Å². The summed E-state index contributed by atoms with van der Waals surface area (Å²) in [7, 11) is 0. The maximum Gasteiger partial charge on any atom is 0.181 e. The molecule has 4 nitrogen and oxygen atoms in total. The van der Waals surface area contributed by atoms with Gasteiger partial charge in [0.15, 0.2) is 6.29 Å². The first kappa shape index (κ1) is 8.93. The fourth-order valence-corrected chi connectivity index (χ4v) is 1.24. The molecule has 1 fully saturated rings. The highest BCUT2D eigenvalue weighted by atomic mass is 16.6. The molecule has 0 aromatic carbocycles. The SMILES string of the molecule is CCC1OC(O)C(O)CC1O. The molecule has 0 radical (unpaired) electrons. The summed E-state index contributed by atoms with van der Waals surface area (Å²) >= 11 is 0. The second kappa shape index (κ2) is 3.49. The highest BCUT2D eigenvalue weighted by Gasteiger charge is 2.33. The topological polar surface area (TPSA) is 69.9 Å². The van der Waals surface area contributed by atoms with E-state index in [-0.39, 0.29) is 12.5 Å². The Bertz CT molecular complexity index is 128. The van der Waals surface area contributed by atoms with Gasteiger partial charge in [-0.2, -0.15) is 0 Å². The molecule has 0 bridgehead atoms. The van der Waals surface area contributed by atoms with Gasteiger partial charge in [-0.3, -0.25) is 0 Å². The minimum atomic E-state index is -1.14. The van der Waals surface area contributed by atoms with Gasteiger partial charge in [0.05, 0.1) is 12.2 Å². The van der Waals surface area contributed by atoms with Gasteiger partial charge in [-0.05, 0) is 6.42 Å². The number of hydrogen-bond donors (Lipinski definition) is 3. The first-order chi connectivity index (χ1) is 5.15. The summed E-state index contributed by atoms with van der Waals surface area (Å²) in [5.74, 6) is 0. The van der Waals surface area contributed by atoms with E-state index in [1.54, 1.807) is 0 Å². The second-order valence-electron chi connectivity index (χ2n) is 2.84. The van der Waals surface area contributed by atoms with E-state index in [4.69, 9.17) is 14.9 Å². The molecule has 0 amide bonds. The van der Waals surface area contributed by atoms with Crippen LogP contribution in [0.3, 0.4) is 0 Å². The van der Waals surface area contributed by atoms with E-state index in [1.165, 1.54) is 0 Å². The van der Waals surface area contributed by atoms with Crippen molar-refractivity contribution in [2.75, 3.05) is 0 Å². The van der Waals surface area contributed by atoms with Gasteiger partial charge < -0.3 is 20.1 Å². The van der Waals surface area contributed by atoms with Crippen molar-refractivity contribution in [1.82, 2.24) is 0 Å². The van der Waals surface area contributed by atoms with E-state index >= 15 is 0 Å². The molecule has 1 heterocycles. The molecule has 0 aromatic heterocycles. The number of hydrogen-bond acceptors (Lipinski definition) is 4. The quantitative estimate of drug-likeness (QED) is 0.473. The molecule has 0 aromatic rings. The lowest BCUT2D eigenvalue weighted by molar-refractivity contribution is -0.245. The Kier molecular flexibility index (Phi) is 2.84. The highest BCUT2D eigenvalue weighted by molar-refractivity contribution is 4.79. The zero-order valence-electron chi connectivity index (χ0n) is 6.47. The van der Waals surface area contributed by atoms with Crippen LogP contribution in [0.5, 0.6) is 0 Å². The molecule has 4 atom stereocenters. The van der Waals surface area contributed by atoms with Crippen LogP contribution in [0.15, 0.2) is 0 Å². The first-order valence-corrected chi connectivity index (χ1v) is 3.84. The Morgan fingerprint density at radius 1 is 1.27 bits per heavy atom. The minimum Gasteiger partial charge on any atom is -0.390 e. The third-order valence-corrected chi connectivity index (χ3v) is 1.96. The Balaban J connectivity index is 2.48. The van der Waals surface area contributed by atoms with Crippen molar-refractivity contribution in [1.29, 1.82) is 0 Å². The van der Waals surface area contributed by atoms with Crippen molar-refractivity contribution < 1.29 is 20.1 Å². The van der Waals surface area contributed by atoms with Crippen LogP contribution in [-0.4, -0.2) is 39.9 Å². The number of aliphatic hydroxyl groups excluding tert-OH is 3. The van der Waals surface area contributed by atoms with Crippen LogP contribution in [0, 0.1) is 0 Å². The third kappa shape index (κ3) is 1.90. The van der Waals surface area contributed by atoms with Crippen LogP contribution in [0.25, 0.3) is 0 Å². The van der Waals surface area contributed by atoms with Crippen molar-refractivity contribution in [2.45, 2.75) is 44.4 Å². The van der Waals surface area contributed by atoms with E-state index in [2.05, 4.69) is 0 Å². The molecule has 1 saturated heterocycles. The maximum atomic E-state index is 9.26. The Hall–Kier alpha value is -0.160. The van der Waals surface area contributed by atoms with E-state index in [9.17, 15) is 5.11 Å². The zero-order chi connectivity index (χ0) is 8.43. The Morgan fingerprint density at radius 3 is 2.45 bits per heavy atom. The molecule has 1 aliphatic rings. The lowest BCUT2D eigenvalue weighted by Crippen LogP contribution is -2.46. The van der Waals surface area contributed by atoms with Gasteiger partial charge in [-0.15, -0.1) is 0 Å². The van der Waals surface area contributed by atoms with Gasteiger partial charge >= 0.3 is 0 Å². The van der Waals surface area contributed by atoms with Crippen molar-refractivity contribution >= 4 is 0 Å². The number of rotatable bonds is 1. The van der Waals surface area contributed by atoms with Crippen LogP contribution in [0.4, 0.5) is 0 Å². The smallest absolute Gasteiger partial charge is 0.181 e. The van der Waals surface area contributed by atoms with Crippen LogP contribution in [0.1, 0.15) is 19.8 Å². The fraction of sp³-hybridized carbons (Fsp3) is 1.00. The average molecular weight is 162 g/mol. The predicted molar refractivity (Wildman–Crippen MR) is 37.8 cm³/mol. The van der Waals surface area contributed by atoms with Gasteiger partial charge in [0.25, 0.3) is 0 Å². The normalized spacial score (nSPS) is 45.8. The molecule has 1 aliphatic heterocycles. The molecule has 66 valence electrons. The van der Waals surface area contributed by atoms with Crippen LogP contribution in [0.2, 0.25) is 0 Å². The monoisotopic (exact) mass is 162 g/mol. The first-order valence-electron chi connectivity index (χ1n) is 3.84. The summed E-state index contributed by atoms with van der Waals surface area (Å²) in [4.78, 5) is 0. The van der Waals surface area contributed by atoms with Crippen molar-refractivity contribution in [3.8, 4) is 0 Å². The fourth-order valence-electron chi connectivity index (χ4n) is 1.24. The molecule has 4 unspecified atom stereocenters. The Morgan fingerprint density at radius 2 is 1.91 bits per heavy atom. The molecule has 0 aliphatic carbocycles.